The first-order valence-corrected chi connectivity index (χ1v) is 9.61. The predicted octanol–water partition coefficient (Wildman–Crippen LogP) is 3.97. The van der Waals surface area contributed by atoms with Crippen molar-refractivity contribution in [1.29, 1.82) is 0 Å². The number of benzene rings is 1. The lowest BCUT2D eigenvalue weighted by Crippen LogP contribution is -2.58. The van der Waals surface area contributed by atoms with Crippen LogP contribution in [0.4, 0.5) is 0 Å². The van der Waals surface area contributed by atoms with Gasteiger partial charge < -0.3 is 15.8 Å². The number of rotatable bonds is 4. The van der Waals surface area contributed by atoms with Crippen molar-refractivity contribution in [2.75, 3.05) is 0 Å². The van der Waals surface area contributed by atoms with E-state index in [1.54, 1.807) is 6.07 Å². The minimum Gasteiger partial charge on any atom is -0.478 e. The molecule has 2 aliphatic carbocycles. The van der Waals surface area contributed by atoms with Crippen LogP contribution in [-0.4, -0.2) is 23.1 Å². The quantitative estimate of drug-likeness (QED) is 0.849. The van der Waals surface area contributed by atoms with Gasteiger partial charge in [-0.1, -0.05) is 18.0 Å². The number of nitrogens with two attached hydrogens (primary N) is 1. The lowest BCUT2D eigenvalue weighted by molar-refractivity contribution is -0.136. The molecule has 0 radical (unpaired) electrons. The summed E-state index contributed by atoms with van der Waals surface area (Å²) in [5.41, 5.74) is 6.44. The summed E-state index contributed by atoms with van der Waals surface area (Å²) < 4.78 is 6.02. The Kier molecular flexibility index (Phi) is 5.04. The van der Waals surface area contributed by atoms with Crippen molar-refractivity contribution < 1.29 is 9.53 Å². The number of ether oxygens (including phenoxy) is 1. The molecule has 138 valence electrons. The molecule has 1 amide bonds. The third-order valence-electron chi connectivity index (χ3n) is 5.81. The molecule has 2 saturated carbocycles. The Balaban J connectivity index is 1.65. The van der Waals surface area contributed by atoms with E-state index in [-0.39, 0.29) is 17.5 Å². The topological polar surface area (TPSA) is 64.3 Å². The van der Waals surface area contributed by atoms with Gasteiger partial charge in [-0.05, 0) is 82.6 Å². The van der Waals surface area contributed by atoms with Gasteiger partial charge in [0, 0.05) is 16.6 Å². The molecule has 0 saturated heterocycles. The summed E-state index contributed by atoms with van der Waals surface area (Å²) in [4.78, 5) is 12.9. The van der Waals surface area contributed by atoms with Crippen molar-refractivity contribution in [3.8, 4) is 5.75 Å². The summed E-state index contributed by atoms with van der Waals surface area (Å²) in [6.45, 7) is 5.56. The van der Waals surface area contributed by atoms with Crippen LogP contribution in [0.5, 0.6) is 5.75 Å². The molecule has 2 unspecified atom stereocenters. The highest BCUT2D eigenvalue weighted by atomic mass is 35.5. The van der Waals surface area contributed by atoms with Crippen LogP contribution in [0.1, 0.15) is 57.9 Å². The second kappa shape index (κ2) is 6.81. The summed E-state index contributed by atoms with van der Waals surface area (Å²) in [6, 6.07) is 5.65. The first-order valence-electron chi connectivity index (χ1n) is 9.24. The monoisotopic (exact) mass is 364 g/mol. The van der Waals surface area contributed by atoms with Gasteiger partial charge in [-0.3, -0.25) is 4.79 Å². The van der Waals surface area contributed by atoms with Crippen LogP contribution in [-0.2, 0) is 4.79 Å². The van der Waals surface area contributed by atoms with Gasteiger partial charge in [0.2, 0.25) is 0 Å². The number of aryl methyl sites for hydroxylation is 1. The van der Waals surface area contributed by atoms with Crippen molar-refractivity contribution >= 4 is 17.5 Å². The molecule has 3 rings (SSSR count). The number of hydrogen-bond donors (Lipinski definition) is 2. The molecule has 5 heteroatoms. The van der Waals surface area contributed by atoms with E-state index in [2.05, 4.69) is 5.32 Å². The fourth-order valence-electron chi connectivity index (χ4n) is 4.27. The molecule has 3 N–H and O–H groups in total. The summed E-state index contributed by atoms with van der Waals surface area (Å²) in [5, 5.41) is 3.90. The van der Waals surface area contributed by atoms with Gasteiger partial charge in [0.1, 0.15) is 5.75 Å². The average Bonchev–Trinajstić information content (AvgIpc) is 2.53. The first-order chi connectivity index (χ1) is 11.7. The first kappa shape index (κ1) is 18.5. The fourth-order valence-corrected chi connectivity index (χ4v) is 4.50. The number of hydrogen-bond acceptors (Lipinski definition) is 3. The van der Waals surface area contributed by atoms with Crippen molar-refractivity contribution in [1.82, 2.24) is 5.32 Å². The highest BCUT2D eigenvalue weighted by molar-refractivity contribution is 6.30. The van der Waals surface area contributed by atoms with Crippen molar-refractivity contribution in [3.63, 3.8) is 0 Å². The van der Waals surface area contributed by atoms with E-state index in [4.69, 9.17) is 22.1 Å². The zero-order valence-corrected chi connectivity index (χ0v) is 16.2. The van der Waals surface area contributed by atoms with Crippen molar-refractivity contribution in [2.24, 2.45) is 11.7 Å². The van der Waals surface area contributed by atoms with Gasteiger partial charge in [-0.15, -0.1) is 0 Å². The summed E-state index contributed by atoms with van der Waals surface area (Å²) >= 11 is 6.00. The fraction of sp³-hybridized carbons (Fsp3) is 0.650. The molecular weight excluding hydrogens is 336 g/mol. The average molecular weight is 365 g/mol. The summed E-state index contributed by atoms with van der Waals surface area (Å²) in [7, 11) is 0. The van der Waals surface area contributed by atoms with Gasteiger partial charge in [0.05, 0.1) is 0 Å². The summed E-state index contributed by atoms with van der Waals surface area (Å²) in [6.07, 6.45) is 6.41. The number of carbonyl (C=O) groups is 1. The molecule has 2 aliphatic rings. The number of halogens is 1. The molecule has 1 aromatic carbocycles. The minimum atomic E-state index is -0.940. The van der Waals surface area contributed by atoms with Gasteiger partial charge in [0.15, 0.2) is 5.60 Å². The molecule has 3 atom stereocenters. The zero-order valence-electron chi connectivity index (χ0n) is 15.4. The van der Waals surface area contributed by atoms with Crippen LogP contribution in [0.15, 0.2) is 18.2 Å². The molecule has 4 nitrogen and oxygen atoms in total. The highest BCUT2D eigenvalue weighted by Gasteiger charge is 2.43. The van der Waals surface area contributed by atoms with E-state index in [9.17, 15) is 4.79 Å². The molecular formula is C20H29ClN2O2. The minimum absolute atomic E-state index is 0.00339. The molecule has 2 fully saturated rings. The van der Waals surface area contributed by atoms with Gasteiger partial charge in [0.25, 0.3) is 5.91 Å². The summed E-state index contributed by atoms with van der Waals surface area (Å²) in [5.74, 6) is 1.11. The standard InChI is InChI=1S/C20H29ClN2O2/c1-13-11-15(21)6-7-17(13)25-19(2,3)18(24)23-16-8-10-20(22)9-4-5-14(16)12-20/h6-7,11,14,16H,4-5,8-10,12,22H2,1-3H3,(H,23,24)/t14-,16?,20?/m1/s1. The van der Waals surface area contributed by atoms with Crippen LogP contribution in [0.3, 0.4) is 0 Å². The van der Waals surface area contributed by atoms with Crippen molar-refractivity contribution in [2.45, 2.75) is 76.5 Å². The zero-order chi connectivity index (χ0) is 18.2. The number of amides is 1. The molecule has 0 aromatic heterocycles. The van der Waals surface area contributed by atoms with Crippen LogP contribution in [0.2, 0.25) is 5.02 Å². The molecule has 0 aliphatic heterocycles. The van der Waals surface area contributed by atoms with E-state index in [0.29, 0.717) is 16.7 Å². The molecule has 25 heavy (non-hydrogen) atoms. The second-order valence-electron chi connectivity index (χ2n) is 8.36. The Labute approximate surface area is 155 Å². The SMILES string of the molecule is Cc1cc(Cl)ccc1OC(C)(C)C(=O)NC1CCC2(N)CCC[C@@H]1C2. The molecule has 0 heterocycles. The maximum Gasteiger partial charge on any atom is 0.263 e. The normalized spacial score (nSPS) is 29.2. The lowest BCUT2D eigenvalue weighted by Gasteiger charge is -2.47. The number of fused-ring (bicyclic) bond motifs is 2. The second-order valence-corrected chi connectivity index (χ2v) is 8.80. The largest absolute Gasteiger partial charge is 0.478 e. The maximum atomic E-state index is 12.9. The van der Waals surface area contributed by atoms with E-state index < -0.39 is 5.60 Å². The Bertz CT molecular complexity index is 661. The number of carbonyl (C=O) groups excluding carboxylic acids is 1. The van der Waals surface area contributed by atoms with Crippen molar-refractivity contribution in [3.05, 3.63) is 28.8 Å². The number of nitrogens with one attached hydrogen (secondary N) is 1. The van der Waals surface area contributed by atoms with Gasteiger partial charge >= 0.3 is 0 Å². The van der Waals surface area contributed by atoms with E-state index >= 15 is 0 Å². The highest BCUT2D eigenvalue weighted by Crippen LogP contribution is 2.41. The van der Waals surface area contributed by atoms with E-state index in [0.717, 1.165) is 44.1 Å². The maximum absolute atomic E-state index is 12.9. The van der Waals surface area contributed by atoms with E-state index in [1.165, 1.54) is 0 Å². The Morgan fingerprint density at radius 3 is 2.84 bits per heavy atom. The molecule has 1 aromatic rings. The third-order valence-corrected chi connectivity index (χ3v) is 6.04. The van der Waals surface area contributed by atoms with E-state index in [1.807, 2.05) is 32.9 Å². The van der Waals surface area contributed by atoms with Gasteiger partial charge in [-0.2, -0.15) is 0 Å². The molecule has 0 spiro atoms. The van der Waals surface area contributed by atoms with Gasteiger partial charge in [-0.25, -0.2) is 0 Å². The van der Waals surface area contributed by atoms with Crippen LogP contribution in [0.25, 0.3) is 0 Å². The Hall–Kier alpha value is -1.26. The third kappa shape index (κ3) is 4.12. The smallest absolute Gasteiger partial charge is 0.263 e. The Morgan fingerprint density at radius 1 is 1.36 bits per heavy atom. The lowest BCUT2D eigenvalue weighted by atomic mass is 9.65. The van der Waals surface area contributed by atoms with Crippen LogP contribution < -0.4 is 15.8 Å². The predicted molar refractivity (Wildman–Crippen MR) is 101 cm³/mol. The van der Waals surface area contributed by atoms with Crippen LogP contribution >= 0.6 is 11.6 Å². The Morgan fingerprint density at radius 2 is 2.12 bits per heavy atom. The molecule has 2 bridgehead atoms. The van der Waals surface area contributed by atoms with Crippen LogP contribution in [0, 0.1) is 12.8 Å².